The number of hydrogen-bond donors (Lipinski definition) is 1. The summed E-state index contributed by atoms with van der Waals surface area (Å²) in [6.07, 6.45) is 9.33. The van der Waals surface area contributed by atoms with Gasteiger partial charge in [0.05, 0.1) is 0 Å². The summed E-state index contributed by atoms with van der Waals surface area (Å²) in [5.74, 6) is 0.580. The molecule has 0 fully saturated rings. The molecular weight excluding hydrogens is 153 g/mol. The minimum absolute atomic E-state index is 0.109. The van der Waals surface area contributed by atoms with E-state index in [-0.39, 0.29) is 11.7 Å². The average molecular weight is 165 g/mol. The normalized spacial score (nSPS) is 33.9. The van der Waals surface area contributed by atoms with E-state index in [1.165, 1.54) is 0 Å². The molecule has 12 heavy (non-hydrogen) atoms. The van der Waals surface area contributed by atoms with E-state index in [4.69, 9.17) is 0 Å². The first-order chi connectivity index (χ1) is 5.86. The van der Waals surface area contributed by atoms with Crippen molar-refractivity contribution in [1.82, 2.24) is 5.32 Å². The fourth-order valence-corrected chi connectivity index (χ4v) is 1.67. The maximum absolute atomic E-state index is 12.8. The molecule has 0 radical (unpaired) electrons. The number of fused-ring (bicyclic) bond motifs is 1. The molecule has 2 atom stereocenters. The maximum Gasteiger partial charge on any atom is 0.119 e. The zero-order chi connectivity index (χ0) is 8.39. The molecule has 0 amide bonds. The lowest BCUT2D eigenvalue weighted by Crippen LogP contribution is -2.24. The van der Waals surface area contributed by atoms with Crippen molar-refractivity contribution >= 4 is 0 Å². The quantitative estimate of drug-likeness (QED) is 0.540. The van der Waals surface area contributed by atoms with Gasteiger partial charge in [0.15, 0.2) is 0 Å². The van der Waals surface area contributed by atoms with Gasteiger partial charge >= 0.3 is 0 Å². The van der Waals surface area contributed by atoms with Crippen molar-refractivity contribution in [3.8, 4) is 0 Å². The fraction of sp³-hybridized carbons (Fsp3) is 0.400. The van der Waals surface area contributed by atoms with Crippen LogP contribution < -0.4 is 5.32 Å². The minimum Gasteiger partial charge on any atom is -0.313 e. The summed E-state index contributed by atoms with van der Waals surface area (Å²) < 4.78 is 12.8. The molecule has 2 unspecified atom stereocenters. The number of hydrogen-bond acceptors (Lipinski definition) is 1. The summed E-state index contributed by atoms with van der Waals surface area (Å²) in [5.41, 5.74) is 0. The molecule has 1 aliphatic carbocycles. The van der Waals surface area contributed by atoms with E-state index in [9.17, 15) is 4.39 Å². The Labute approximate surface area is 71.7 Å². The van der Waals surface area contributed by atoms with E-state index >= 15 is 0 Å². The zero-order valence-electron chi connectivity index (χ0n) is 6.83. The minimum atomic E-state index is -0.109. The van der Waals surface area contributed by atoms with Crippen molar-refractivity contribution in [3.63, 3.8) is 0 Å². The van der Waals surface area contributed by atoms with E-state index in [1.807, 2.05) is 6.08 Å². The van der Waals surface area contributed by atoms with Crippen molar-refractivity contribution in [2.75, 3.05) is 13.1 Å². The van der Waals surface area contributed by atoms with Gasteiger partial charge in [0.2, 0.25) is 0 Å². The average Bonchev–Trinajstić information content (AvgIpc) is 2.28. The zero-order valence-corrected chi connectivity index (χ0v) is 6.83. The van der Waals surface area contributed by atoms with Crippen molar-refractivity contribution in [2.24, 2.45) is 11.8 Å². The fourth-order valence-electron chi connectivity index (χ4n) is 1.67. The predicted octanol–water partition coefficient (Wildman–Crippen LogP) is 1.80. The third-order valence-electron chi connectivity index (χ3n) is 2.35. The Kier molecular flexibility index (Phi) is 2.09. The van der Waals surface area contributed by atoms with E-state index in [1.54, 1.807) is 12.2 Å². The Morgan fingerprint density at radius 1 is 1.42 bits per heavy atom. The molecule has 0 spiro atoms. The topological polar surface area (TPSA) is 12.0 Å². The summed E-state index contributed by atoms with van der Waals surface area (Å²) in [4.78, 5) is 0. The second-order valence-electron chi connectivity index (χ2n) is 3.24. The summed E-state index contributed by atoms with van der Waals surface area (Å²) in [6.45, 7) is 1.84. The second kappa shape index (κ2) is 3.23. The van der Waals surface area contributed by atoms with Gasteiger partial charge in [-0.05, 0) is 18.1 Å². The molecule has 1 N–H and O–H groups in total. The van der Waals surface area contributed by atoms with Gasteiger partial charge in [0.1, 0.15) is 5.83 Å². The Morgan fingerprint density at radius 2 is 2.33 bits per heavy atom. The van der Waals surface area contributed by atoms with Gasteiger partial charge in [-0.25, -0.2) is 4.39 Å². The van der Waals surface area contributed by atoms with E-state index < -0.39 is 0 Å². The molecule has 0 bridgehead atoms. The summed E-state index contributed by atoms with van der Waals surface area (Å²) >= 11 is 0. The molecule has 1 heterocycles. The maximum atomic E-state index is 12.8. The van der Waals surface area contributed by atoms with Crippen LogP contribution >= 0.6 is 0 Å². The Morgan fingerprint density at radius 3 is 3.25 bits per heavy atom. The third kappa shape index (κ3) is 1.48. The smallest absolute Gasteiger partial charge is 0.119 e. The van der Waals surface area contributed by atoms with Crippen LogP contribution in [0.15, 0.2) is 36.2 Å². The van der Waals surface area contributed by atoms with E-state index in [0.29, 0.717) is 5.92 Å². The van der Waals surface area contributed by atoms with Crippen molar-refractivity contribution in [2.45, 2.75) is 0 Å². The first-order valence-electron chi connectivity index (χ1n) is 4.29. The van der Waals surface area contributed by atoms with Gasteiger partial charge in [-0.3, -0.25) is 0 Å². The van der Waals surface area contributed by atoms with Crippen molar-refractivity contribution < 1.29 is 4.39 Å². The number of nitrogens with one attached hydrogen (secondary N) is 1. The highest BCUT2D eigenvalue weighted by Crippen LogP contribution is 2.25. The molecule has 1 aliphatic heterocycles. The lowest BCUT2D eigenvalue weighted by atomic mass is 9.88. The van der Waals surface area contributed by atoms with Gasteiger partial charge in [-0.15, -0.1) is 0 Å². The van der Waals surface area contributed by atoms with Crippen LogP contribution in [0.1, 0.15) is 0 Å². The lowest BCUT2D eigenvalue weighted by Gasteiger charge is -2.19. The second-order valence-corrected chi connectivity index (χ2v) is 3.24. The highest BCUT2D eigenvalue weighted by Gasteiger charge is 2.19. The van der Waals surface area contributed by atoms with Crippen LogP contribution in [-0.4, -0.2) is 13.1 Å². The highest BCUT2D eigenvalue weighted by atomic mass is 19.1. The molecule has 1 nitrogen and oxygen atoms in total. The van der Waals surface area contributed by atoms with Crippen molar-refractivity contribution in [1.29, 1.82) is 0 Å². The van der Waals surface area contributed by atoms with Gasteiger partial charge in [0.25, 0.3) is 0 Å². The van der Waals surface area contributed by atoms with E-state index in [2.05, 4.69) is 17.5 Å². The monoisotopic (exact) mass is 165 g/mol. The third-order valence-corrected chi connectivity index (χ3v) is 2.35. The SMILES string of the molecule is FC1=CC2C=CCNCC2C=C1. The predicted molar refractivity (Wildman–Crippen MR) is 47.3 cm³/mol. The summed E-state index contributed by atoms with van der Waals surface area (Å²) in [5, 5.41) is 3.27. The van der Waals surface area contributed by atoms with Crippen LogP contribution in [0.4, 0.5) is 4.39 Å². The molecule has 2 rings (SSSR count). The molecule has 0 aromatic heterocycles. The lowest BCUT2D eigenvalue weighted by molar-refractivity contribution is 0.504. The Balaban J connectivity index is 2.20. The van der Waals surface area contributed by atoms with Crippen LogP contribution in [0.3, 0.4) is 0 Å². The highest BCUT2D eigenvalue weighted by molar-refractivity contribution is 5.24. The van der Waals surface area contributed by atoms with Crippen LogP contribution in [0.2, 0.25) is 0 Å². The van der Waals surface area contributed by atoms with Crippen LogP contribution in [0.5, 0.6) is 0 Å². The van der Waals surface area contributed by atoms with Crippen LogP contribution in [-0.2, 0) is 0 Å². The van der Waals surface area contributed by atoms with Crippen LogP contribution in [0.25, 0.3) is 0 Å². The molecular formula is C10H12FN. The molecule has 0 aromatic rings. The molecule has 0 aromatic carbocycles. The molecule has 0 saturated carbocycles. The first-order valence-corrected chi connectivity index (χ1v) is 4.29. The Hall–Kier alpha value is -0.890. The largest absolute Gasteiger partial charge is 0.313 e. The van der Waals surface area contributed by atoms with Crippen LogP contribution in [0, 0.1) is 11.8 Å². The number of halogens is 1. The first kappa shape index (κ1) is 7.74. The standard InChI is InChI=1S/C10H12FN/c11-10-4-3-9-7-12-5-1-2-8(9)6-10/h1-4,6,8-9,12H,5,7H2. The molecule has 0 saturated heterocycles. The van der Waals surface area contributed by atoms with Gasteiger partial charge in [-0.2, -0.15) is 0 Å². The van der Waals surface area contributed by atoms with Gasteiger partial charge in [-0.1, -0.05) is 18.2 Å². The molecule has 2 heteroatoms. The van der Waals surface area contributed by atoms with Crippen molar-refractivity contribution in [3.05, 3.63) is 36.2 Å². The number of rotatable bonds is 0. The Bertz CT molecular complexity index is 253. The summed E-state index contributed by atoms with van der Waals surface area (Å²) in [6, 6.07) is 0. The summed E-state index contributed by atoms with van der Waals surface area (Å²) in [7, 11) is 0. The number of allylic oxidation sites excluding steroid dienone is 4. The molecule has 64 valence electrons. The van der Waals surface area contributed by atoms with Gasteiger partial charge < -0.3 is 5.32 Å². The van der Waals surface area contributed by atoms with Gasteiger partial charge in [0, 0.05) is 19.0 Å². The van der Waals surface area contributed by atoms with E-state index in [0.717, 1.165) is 13.1 Å². The molecule has 2 aliphatic rings.